The lowest BCUT2D eigenvalue weighted by atomic mass is 9.64. The smallest absolute Gasteiger partial charge is 0.303 e. The van der Waals surface area contributed by atoms with Crippen molar-refractivity contribution in [2.75, 3.05) is 6.54 Å². The first-order chi connectivity index (χ1) is 10.1. The molecular weight excluding hydrogens is 266 g/mol. The zero-order valence-electron chi connectivity index (χ0n) is 12.5. The molecule has 4 nitrogen and oxygen atoms in total. The molecule has 1 aliphatic carbocycles. The molecule has 0 saturated heterocycles. The van der Waals surface area contributed by atoms with Gasteiger partial charge in [0.25, 0.3) is 0 Å². The molecule has 1 saturated carbocycles. The molecule has 114 valence electrons. The van der Waals surface area contributed by atoms with Crippen molar-refractivity contribution in [3.8, 4) is 0 Å². The van der Waals surface area contributed by atoms with Crippen LogP contribution in [-0.2, 0) is 15.0 Å². The fourth-order valence-electron chi connectivity index (χ4n) is 2.95. The Morgan fingerprint density at radius 1 is 1.29 bits per heavy atom. The van der Waals surface area contributed by atoms with Gasteiger partial charge in [0.2, 0.25) is 5.91 Å². The molecule has 1 unspecified atom stereocenters. The van der Waals surface area contributed by atoms with Gasteiger partial charge in [0.15, 0.2) is 0 Å². The predicted octanol–water partition coefficient (Wildman–Crippen LogP) is 2.73. The van der Waals surface area contributed by atoms with Crippen molar-refractivity contribution in [1.29, 1.82) is 0 Å². The van der Waals surface area contributed by atoms with Crippen molar-refractivity contribution in [3.63, 3.8) is 0 Å². The van der Waals surface area contributed by atoms with E-state index in [4.69, 9.17) is 5.11 Å². The summed E-state index contributed by atoms with van der Waals surface area (Å²) in [5, 5.41) is 11.8. The van der Waals surface area contributed by atoms with Gasteiger partial charge in [-0.15, -0.1) is 0 Å². The number of hydrogen-bond acceptors (Lipinski definition) is 2. The summed E-state index contributed by atoms with van der Waals surface area (Å²) < 4.78 is 0. The molecule has 0 radical (unpaired) electrons. The van der Waals surface area contributed by atoms with E-state index >= 15 is 0 Å². The van der Waals surface area contributed by atoms with Crippen LogP contribution >= 0.6 is 0 Å². The fourth-order valence-corrected chi connectivity index (χ4v) is 2.95. The predicted molar refractivity (Wildman–Crippen MR) is 81.0 cm³/mol. The molecule has 0 bridgehead atoms. The van der Waals surface area contributed by atoms with Crippen LogP contribution in [0.25, 0.3) is 0 Å². The summed E-state index contributed by atoms with van der Waals surface area (Å²) in [6, 6.07) is 9.89. The number of amides is 1. The van der Waals surface area contributed by atoms with Crippen molar-refractivity contribution < 1.29 is 14.7 Å². The van der Waals surface area contributed by atoms with Gasteiger partial charge < -0.3 is 10.4 Å². The van der Waals surface area contributed by atoms with E-state index in [1.165, 1.54) is 0 Å². The van der Waals surface area contributed by atoms with Crippen LogP contribution in [-0.4, -0.2) is 23.5 Å². The molecule has 21 heavy (non-hydrogen) atoms. The molecule has 1 fully saturated rings. The van der Waals surface area contributed by atoms with Crippen LogP contribution in [0.3, 0.4) is 0 Å². The normalized spacial score (nSPS) is 17.6. The van der Waals surface area contributed by atoms with E-state index in [2.05, 4.69) is 5.32 Å². The monoisotopic (exact) mass is 289 g/mol. The summed E-state index contributed by atoms with van der Waals surface area (Å²) in [6.07, 6.45) is 3.67. The molecule has 4 heteroatoms. The summed E-state index contributed by atoms with van der Waals surface area (Å²) in [5.74, 6) is -0.763. The van der Waals surface area contributed by atoms with Gasteiger partial charge in [0, 0.05) is 13.0 Å². The van der Waals surface area contributed by atoms with E-state index in [0.717, 1.165) is 31.2 Å². The van der Waals surface area contributed by atoms with Gasteiger partial charge in [0.05, 0.1) is 5.41 Å². The highest BCUT2D eigenvalue weighted by Gasteiger charge is 2.45. The summed E-state index contributed by atoms with van der Waals surface area (Å²) in [7, 11) is 0. The maximum Gasteiger partial charge on any atom is 0.303 e. The number of hydrogen-bond donors (Lipinski definition) is 2. The second-order valence-corrected chi connectivity index (χ2v) is 5.88. The lowest BCUT2D eigenvalue weighted by molar-refractivity contribution is -0.138. The van der Waals surface area contributed by atoms with Crippen LogP contribution < -0.4 is 5.32 Å². The van der Waals surface area contributed by atoms with Gasteiger partial charge in [-0.2, -0.15) is 0 Å². The lowest BCUT2D eigenvalue weighted by Gasteiger charge is -2.41. The second-order valence-electron chi connectivity index (χ2n) is 5.88. The van der Waals surface area contributed by atoms with Crippen molar-refractivity contribution >= 4 is 11.9 Å². The van der Waals surface area contributed by atoms with E-state index < -0.39 is 11.4 Å². The van der Waals surface area contributed by atoms with Crippen LogP contribution in [0.5, 0.6) is 0 Å². The van der Waals surface area contributed by atoms with Crippen LogP contribution in [0.2, 0.25) is 0 Å². The molecule has 0 aliphatic heterocycles. The van der Waals surface area contributed by atoms with Gasteiger partial charge in [-0.3, -0.25) is 9.59 Å². The number of carboxylic acids is 1. The highest BCUT2D eigenvalue weighted by molar-refractivity contribution is 5.89. The second kappa shape index (κ2) is 6.74. The van der Waals surface area contributed by atoms with Gasteiger partial charge in [0.1, 0.15) is 0 Å². The Balaban J connectivity index is 2.00. The summed E-state index contributed by atoms with van der Waals surface area (Å²) in [6.45, 7) is 2.40. The minimum absolute atomic E-state index is 0.000602. The minimum atomic E-state index is -0.808. The van der Waals surface area contributed by atoms with Gasteiger partial charge in [-0.05, 0) is 24.3 Å². The van der Waals surface area contributed by atoms with Crippen molar-refractivity contribution in [2.45, 2.75) is 44.4 Å². The SMILES string of the molecule is CCC(CNC(=O)C1(c2ccccc2)CCC1)CC(=O)O. The molecule has 2 rings (SSSR count). The Morgan fingerprint density at radius 2 is 1.95 bits per heavy atom. The Hall–Kier alpha value is -1.84. The topological polar surface area (TPSA) is 66.4 Å². The zero-order valence-corrected chi connectivity index (χ0v) is 12.5. The Morgan fingerprint density at radius 3 is 2.43 bits per heavy atom. The molecular formula is C17H23NO3. The number of carboxylic acid groups (broad SMARTS) is 1. The van der Waals surface area contributed by atoms with E-state index in [9.17, 15) is 9.59 Å². The highest BCUT2D eigenvalue weighted by Crippen LogP contribution is 2.43. The standard InChI is InChI=1S/C17H23NO3/c1-2-13(11-15(19)20)12-18-16(21)17(9-6-10-17)14-7-4-3-5-8-14/h3-5,7-8,13H,2,6,9-12H2,1H3,(H,18,21)(H,19,20). The number of benzene rings is 1. The molecule has 0 spiro atoms. The molecule has 0 heterocycles. The summed E-state index contributed by atoms with van der Waals surface area (Å²) in [5.41, 5.74) is 0.669. The average Bonchev–Trinajstić information content (AvgIpc) is 2.43. The minimum Gasteiger partial charge on any atom is -0.481 e. The fraction of sp³-hybridized carbons (Fsp3) is 0.529. The number of rotatable bonds is 7. The maximum atomic E-state index is 12.6. The lowest BCUT2D eigenvalue weighted by Crippen LogP contribution is -2.50. The molecule has 1 aromatic carbocycles. The van der Waals surface area contributed by atoms with Crippen molar-refractivity contribution in [2.24, 2.45) is 5.92 Å². The number of carbonyl (C=O) groups excluding carboxylic acids is 1. The third-order valence-electron chi connectivity index (χ3n) is 4.56. The first kappa shape index (κ1) is 15.5. The molecule has 1 aliphatic rings. The molecule has 1 amide bonds. The molecule has 1 atom stereocenters. The quantitative estimate of drug-likeness (QED) is 0.811. The van der Waals surface area contributed by atoms with E-state index in [1.54, 1.807) is 0 Å². The maximum absolute atomic E-state index is 12.6. The number of carbonyl (C=O) groups is 2. The Labute approximate surface area is 125 Å². The van der Waals surface area contributed by atoms with E-state index in [1.807, 2.05) is 37.3 Å². The van der Waals surface area contributed by atoms with Gasteiger partial charge in [-0.25, -0.2) is 0 Å². The first-order valence-corrected chi connectivity index (χ1v) is 7.64. The van der Waals surface area contributed by atoms with Crippen LogP contribution in [0, 0.1) is 5.92 Å². The average molecular weight is 289 g/mol. The summed E-state index contributed by atoms with van der Waals surface area (Å²) >= 11 is 0. The van der Waals surface area contributed by atoms with Gasteiger partial charge in [-0.1, -0.05) is 50.1 Å². The highest BCUT2D eigenvalue weighted by atomic mass is 16.4. The first-order valence-electron chi connectivity index (χ1n) is 7.64. The van der Waals surface area contributed by atoms with Crippen LogP contribution in [0.4, 0.5) is 0 Å². The van der Waals surface area contributed by atoms with Crippen LogP contribution in [0.1, 0.15) is 44.6 Å². The largest absolute Gasteiger partial charge is 0.481 e. The van der Waals surface area contributed by atoms with Crippen molar-refractivity contribution in [1.82, 2.24) is 5.32 Å². The van der Waals surface area contributed by atoms with Crippen LogP contribution in [0.15, 0.2) is 30.3 Å². The molecule has 2 N–H and O–H groups in total. The van der Waals surface area contributed by atoms with E-state index in [0.29, 0.717) is 6.54 Å². The summed E-state index contributed by atoms with van der Waals surface area (Å²) in [4.78, 5) is 23.4. The van der Waals surface area contributed by atoms with Gasteiger partial charge >= 0.3 is 5.97 Å². The van der Waals surface area contributed by atoms with Crippen molar-refractivity contribution in [3.05, 3.63) is 35.9 Å². The Kier molecular flexibility index (Phi) is 4.99. The molecule has 0 aromatic heterocycles. The van der Waals surface area contributed by atoms with E-state index in [-0.39, 0.29) is 18.2 Å². The Bertz CT molecular complexity index is 494. The zero-order chi connectivity index (χ0) is 15.3. The third-order valence-corrected chi connectivity index (χ3v) is 4.56. The number of aliphatic carboxylic acids is 1. The number of nitrogens with one attached hydrogen (secondary N) is 1. The third kappa shape index (κ3) is 3.43. The molecule has 1 aromatic rings.